The molecule has 1 N–H and O–H groups in total. The van der Waals surface area contributed by atoms with E-state index in [1.807, 2.05) is 39.0 Å². The highest BCUT2D eigenvalue weighted by Crippen LogP contribution is 2.36. The van der Waals surface area contributed by atoms with E-state index in [4.69, 9.17) is 4.74 Å². The summed E-state index contributed by atoms with van der Waals surface area (Å²) in [6.45, 7) is 6.40. The van der Waals surface area contributed by atoms with Crippen molar-refractivity contribution >= 4 is 28.8 Å². The van der Waals surface area contributed by atoms with Crippen LogP contribution < -0.4 is 15.0 Å². The van der Waals surface area contributed by atoms with Crippen molar-refractivity contribution in [1.29, 1.82) is 0 Å². The highest BCUT2D eigenvalue weighted by Gasteiger charge is 2.41. The first-order valence-electron chi connectivity index (χ1n) is 10.8. The first-order chi connectivity index (χ1) is 15.9. The van der Waals surface area contributed by atoms with Gasteiger partial charge < -0.3 is 10.1 Å². The molecule has 1 aliphatic heterocycles. The molecule has 3 aromatic rings. The molecule has 0 aromatic heterocycles. The fraction of sp³-hybridized carbons (Fsp3) is 0.185. The van der Waals surface area contributed by atoms with E-state index in [-0.39, 0.29) is 11.3 Å². The number of anilines is 2. The summed E-state index contributed by atoms with van der Waals surface area (Å²) in [6, 6.07) is 18.4. The van der Waals surface area contributed by atoms with Crippen LogP contribution in [0.3, 0.4) is 0 Å². The van der Waals surface area contributed by atoms with Gasteiger partial charge in [-0.15, -0.1) is 0 Å². The van der Waals surface area contributed by atoms with Gasteiger partial charge in [0.1, 0.15) is 17.3 Å². The molecule has 5 nitrogen and oxygen atoms in total. The number of hydrogen-bond donors (Lipinski definition) is 1. The van der Waals surface area contributed by atoms with E-state index >= 15 is 0 Å². The molecule has 0 unspecified atom stereocenters. The molecule has 0 aliphatic carbocycles. The Morgan fingerprint density at radius 3 is 2.45 bits per heavy atom. The van der Waals surface area contributed by atoms with Crippen LogP contribution in [-0.2, 0) is 9.59 Å². The van der Waals surface area contributed by atoms with Gasteiger partial charge in [-0.05, 0) is 61.7 Å². The highest BCUT2D eigenvalue weighted by atomic mass is 19.1. The van der Waals surface area contributed by atoms with Crippen molar-refractivity contribution in [1.82, 2.24) is 0 Å². The Labute approximate surface area is 192 Å². The Morgan fingerprint density at radius 1 is 0.939 bits per heavy atom. The molecule has 0 saturated heterocycles. The summed E-state index contributed by atoms with van der Waals surface area (Å²) in [7, 11) is 0. The van der Waals surface area contributed by atoms with Crippen molar-refractivity contribution < 1.29 is 18.7 Å². The van der Waals surface area contributed by atoms with Crippen LogP contribution in [-0.4, -0.2) is 18.4 Å². The van der Waals surface area contributed by atoms with Crippen LogP contribution in [0.25, 0.3) is 5.57 Å². The fourth-order valence-corrected chi connectivity index (χ4v) is 3.87. The third-order valence-corrected chi connectivity index (χ3v) is 5.38. The molecule has 1 aliphatic rings. The molecule has 0 radical (unpaired) electrons. The number of halogens is 1. The summed E-state index contributed by atoms with van der Waals surface area (Å²) in [4.78, 5) is 28.3. The van der Waals surface area contributed by atoms with E-state index in [0.29, 0.717) is 29.3 Å². The molecule has 1 heterocycles. The molecular weight excluding hydrogens is 419 g/mol. The average Bonchev–Trinajstić information content (AvgIpc) is 3.02. The number of benzene rings is 3. The zero-order chi connectivity index (χ0) is 23.5. The molecule has 0 bridgehead atoms. The van der Waals surface area contributed by atoms with E-state index < -0.39 is 17.6 Å². The number of carbonyl (C=O) groups is 2. The molecule has 0 saturated carbocycles. The van der Waals surface area contributed by atoms with Crippen molar-refractivity contribution in [3.8, 4) is 5.75 Å². The number of ether oxygens (including phenoxy) is 1. The Kier molecular flexibility index (Phi) is 6.27. The molecule has 0 spiro atoms. The van der Waals surface area contributed by atoms with Gasteiger partial charge in [-0.3, -0.25) is 9.59 Å². The first kappa shape index (κ1) is 22.3. The fourth-order valence-electron chi connectivity index (χ4n) is 3.87. The monoisotopic (exact) mass is 444 g/mol. The number of aryl methyl sites for hydroxylation is 2. The highest BCUT2D eigenvalue weighted by molar-refractivity contribution is 6.46. The standard InChI is InChI=1S/C27H25FN2O3/c1-4-13-33-22-10-6-9-21(16-22)30-26(31)24(23-12-11-17(2)14-18(23)3)25(27(30)32)29-20-8-5-7-19(28)15-20/h5-12,14-16,29H,4,13H2,1-3H3. The number of nitrogens with one attached hydrogen (secondary N) is 1. The van der Waals surface area contributed by atoms with Gasteiger partial charge in [-0.1, -0.05) is 42.8 Å². The maximum Gasteiger partial charge on any atom is 0.282 e. The van der Waals surface area contributed by atoms with Gasteiger partial charge in [0, 0.05) is 11.8 Å². The number of hydrogen-bond acceptors (Lipinski definition) is 4. The molecule has 4 rings (SSSR count). The van der Waals surface area contributed by atoms with Crippen molar-refractivity contribution in [2.75, 3.05) is 16.8 Å². The molecule has 2 amide bonds. The van der Waals surface area contributed by atoms with E-state index in [1.165, 1.54) is 12.1 Å². The molecule has 3 aromatic carbocycles. The van der Waals surface area contributed by atoms with Crippen LogP contribution in [0.5, 0.6) is 5.75 Å². The Balaban J connectivity index is 1.80. The number of imide groups is 1. The third-order valence-electron chi connectivity index (χ3n) is 5.38. The van der Waals surface area contributed by atoms with E-state index in [1.54, 1.807) is 36.4 Å². The molecular formula is C27H25FN2O3. The van der Waals surface area contributed by atoms with Gasteiger partial charge in [-0.2, -0.15) is 0 Å². The second-order valence-electron chi connectivity index (χ2n) is 8.00. The Hall–Kier alpha value is -3.93. The van der Waals surface area contributed by atoms with Crippen LogP contribution in [0.1, 0.15) is 30.0 Å². The van der Waals surface area contributed by atoms with Crippen LogP contribution in [0.2, 0.25) is 0 Å². The van der Waals surface area contributed by atoms with Crippen molar-refractivity contribution in [3.63, 3.8) is 0 Å². The molecule has 6 heteroatoms. The summed E-state index contributed by atoms with van der Waals surface area (Å²) in [5, 5.41) is 3.00. The molecule has 168 valence electrons. The summed E-state index contributed by atoms with van der Waals surface area (Å²) in [6.07, 6.45) is 0.839. The Morgan fingerprint density at radius 2 is 1.73 bits per heavy atom. The molecule has 0 fully saturated rings. The first-order valence-corrected chi connectivity index (χ1v) is 10.8. The maximum atomic E-state index is 13.8. The number of amides is 2. The van der Waals surface area contributed by atoms with E-state index in [0.717, 1.165) is 22.4 Å². The maximum absolute atomic E-state index is 13.8. The zero-order valence-corrected chi connectivity index (χ0v) is 18.8. The molecule has 0 atom stereocenters. The summed E-state index contributed by atoms with van der Waals surface area (Å²) < 4.78 is 19.5. The lowest BCUT2D eigenvalue weighted by molar-refractivity contribution is -0.120. The lowest BCUT2D eigenvalue weighted by Crippen LogP contribution is -2.32. The predicted octanol–water partition coefficient (Wildman–Crippen LogP) is 5.63. The number of rotatable bonds is 7. The second kappa shape index (κ2) is 9.28. The third kappa shape index (κ3) is 4.51. The van der Waals surface area contributed by atoms with Gasteiger partial charge in [-0.25, -0.2) is 9.29 Å². The van der Waals surface area contributed by atoms with Gasteiger partial charge >= 0.3 is 0 Å². The lowest BCUT2D eigenvalue weighted by Gasteiger charge is -2.17. The van der Waals surface area contributed by atoms with Crippen LogP contribution >= 0.6 is 0 Å². The number of nitrogens with zero attached hydrogens (tertiary/aromatic N) is 1. The lowest BCUT2D eigenvalue weighted by atomic mass is 9.97. The van der Waals surface area contributed by atoms with Crippen molar-refractivity contribution in [3.05, 3.63) is 94.9 Å². The topological polar surface area (TPSA) is 58.6 Å². The minimum atomic E-state index is -0.508. The second-order valence-corrected chi connectivity index (χ2v) is 8.00. The van der Waals surface area contributed by atoms with E-state index in [2.05, 4.69) is 5.32 Å². The Bertz CT molecular complexity index is 1270. The van der Waals surface area contributed by atoms with Gasteiger partial charge in [0.25, 0.3) is 11.8 Å². The normalized spacial score (nSPS) is 13.6. The van der Waals surface area contributed by atoms with Crippen LogP contribution in [0.15, 0.2) is 72.4 Å². The largest absolute Gasteiger partial charge is 0.494 e. The minimum absolute atomic E-state index is 0.109. The van der Waals surface area contributed by atoms with Crippen molar-refractivity contribution in [2.24, 2.45) is 0 Å². The minimum Gasteiger partial charge on any atom is -0.494 e. The van der Waals surface area contributed by atoms with Crippen LogP contribution in [0, 0.1) is 19.7 Å². The predicted molar refractivity (Wildman–Crippen MR) is 128 cm³/mol. The summed E-state index contributed by atoms with van der Waals surface area (Å²) in [5.74, 6) is -0.817. The quantitative estimate of drug-likeness (QED) is 0.480. The smallest absolute Gasteiger partial charge is 0.282 e. The van der Waals surface area contributed by atoms with Gasteiger partial charge in [0.05, 0.1) is 17.9 Å². The average molecular weight is 445 g/mol. The van der Waals surface area contributed by atoms with Crippen LogP contribution in [0.4, 0.5) is 15.8 Å². The summed E-state index contributed by atoms with van der Waals surface area (Å²) in [5.41, 5.74) is 3.72. The summed E-state index contributed by atoms with van der Waals surface area (Å²) >= 11 is 0. The van der Waals surface area contributed by atoms with Crippen molar-refractivity contribution in [2.45, 2.75) is 27.2 Å². The molecule has 33 heavy (non-hydrogen) atoms. The van der Waals surface area contributed by atoms with Gasteiger partial charge in [0.15, 0.2) is 0 Å². The SMILES string of the molecule is CCCOc1cccc(N2C(=O)C(Nc3cccc(F)c3)=C(c3ccc(C)cc3C)C2=O)c1. The zero-order valence-electron chi connectivity index (χ0n) is 18.8. The number of carbonyl (C=O) groups excluding carboxylic acids is 2. The van der Waals surface area contributed by atoms with E-state index in [9.17, 15) is 14.0 Å². The van der Waals surface area contributed by atoms with Gasteiger partial charge in [0.2, 0.25) is 0 Å².